The van der Waals surface area contributed by atoms with Crippen LogP contribution in [0, 0.1) is 0 Å². The van der Waals surface area contributed by atoms with Crippen LogP contribution in [-0.2, 0) is 0 Å². The normalized spacial score (nSPS) is 26.5. The van der Waals surface area contributed by atoms with Crippen LogP contribution in [-0.4, -0.2) is 15.8 Å². The summed E-state index contributed by atoms with van der Waals surface area (Å²) >= 11 is 0. The summed E-state index contributed by atoms with van der Waals surface area (Å²) in [6.07, 6.45) is 4.88. The van der Waals surface area contributed by atoms with Gasteiger partial charge in [0.15, 0.2) is 0 Å². The molecule has 1 aliphatic carbocycles. The standard InChI is InChI=1S/C11H16N2O2/c12-10-5-2-6-13(11(10)15)8-3-1-4-9(14)7-8/h2,5-6,8-9,14H,1,3-4,7,12H2/t8?,9-/m0/s1. The van der Waals surface area contributed by atoms with E-state index in [0.717, 1.165) is 19.3 Å². The van der Waals surface area contributed by atoms with E-state index >= 15 is 0 Å². The molecule has 1 aliphatic rings. The minimum atomic E-state index is -0.280. The second-order valence-corrected chi connectivity index (χ2v) is 4.15. The van der Waals surface area contributed by atoms with E-state index in [4.69, 9.17) is 5.73 Å². The van der Waals surface area contributed by atoms with Gasteiger partial charge in [-0.3, -0.25) is 4.79 Å². The van der Waals surface area contributed by atoms with Gasteiger partial charge in [0, 0.05) is 12.2 Å². The van der Waals surface area contributed by atoms with Gasteiger partial charge in [-0.05, 0) is 37.8 Å². The maximum absolute atomic E-state index is 11.7. The van der Waals surface area contributed by atoms with Crippen LogP contribution in [0.25, 0.3) is 0 Å². The zero-order chi connectivity index (χ0) is 10.8. The van der Waals surface area contributed by atoms with Crippen molar-refractivity contribution in [3.63, 3.8) is 0 Å². The van der Waals surface area contributed by atoms with Crippen LogP contribution in [0.15, 0.2) is 23.1 Å². The Labute approximate surface area is 88.3 Å². The molecular formula is C11H16N2O2. The van der Waals surface area contributed by atoms with Gasteiger partial charge in [0.05, 0.1) is 11.8 Å². The summed E-state index contributed by atoms with van der Waals surface area (Å²) in [5, 5.41) is 9.55. The molecule has 1 fully saturated rings. The van der Waals surface area contributed by atoms with E-state index in [1.165, 1.54) is 0 Å². The highest BCUT2D eigenvalue weighted by Gasteiger charge is 2.22. The maximum atomic E-state index is 11.7. The molecule has 0 aliphatic heterocycles. The van der Waals surface area contributed by atoms with Gasteiger partial charge in [-0.2, -0.15) is 0 Å². The lowest BCUT2D eigenvalue weighted by Crippen LogP contribution is -2.30. The van der Waals surface area contributed by atoms with Crippen molar-refractivity contribution in [1.82, 2.24) is 4.57 Å². The number of aliphatic hydroxyl groups excluding tert-OH is 1. The first-order chi connectivity index (χ1) is 7.18. The number of aromatic nitrogens is 1. The molecule has 1 saturated carbocycles. The monoisotopic (exact) mass is 208 g/mol. The molecule has 0 spiro atoms. The minimum absolute atomic E-state index is 0.102. The molecule has 15 heavy (non-hydrogen) atoms. The van der Waals surface area contributed by atoms with Crippen LogP contribution < -0.4 is 11.3 Å². The molecule has 0 saturated heterocycles. The zero-order valence-electron chi connectivity index (χ0n) is 8.60. The van der Waals surface area contributed by atoms with E-state index in [2.05, 4.69) is 0 Å². The Kier molecular flexibility index (Phi) is 2.77. The lowest BCUT2D eigenvalue weighted by atomic mass is 9.93. The molecular weight excluding hydrogens is 192 g/mol. The summed E-state index contributed by atoms with van der Waals surface area (Å²) in [5.74, 6) is 0. The summed E-state index contributed by atoms with van der Waals surface area (Å²) in [4.78, 5) is 11.7. The van der Waals surface area contributed by atoms with Gasteiger partial charge in [-0.1, -0.05) is 0 Å². The third kappa shape index (κ3) is 2.04. The van der Waals surface area contributed by atoms with Gasteiger partial charge in [-0.15, -0.1) is 0 Å². The Morgan fingerprint density at radius 1 is 1.47 bits per heavy atom. The average Bonchev–Trinajstić information content (AvgIpc) is 2.22. The molecule has 1 aromatic rings. The summed E-state index contributed by atoms with van der Waals surface area (Å²) in [6, 6.07) is 3.49. The molecule has 1 heterocycles. The molecule has 0 amide bonds. The zero-order valence-corrected chi connectivity index (χ0v) is 8.60. The fraction of sp³-hybridized carbons (Fsp3) is 0.545. The van der Waals surface area contributed by atoms with E-state index in [1.807, 2.05) is 0 Å². The largest absolute Gasteiger partial charge is 0.394 e. The molecule has 0 aromatic carbocycles. The molecule has 2 rings (SSSR count). The fourth-order valence-corrected chi connectivity index (χ4v) is 2.21. The van der Waals surface area contributed by atoms with E-state index in [-0.39, 0.29) is 23.4 Å². The number of aliphatic hydroxyl groups is 1. The highest BCUT2D eigenvalue weighted by Crippen LogP contribution is 2.27. The van der Waals surface area contributed by atoms with Crippen molar-refractivity contribution in [3.8, 4) is 0 Å². The van der Waals surface area contributed by atoms with Crippen molar-refractivity contribution in [1.29, 1.82) is 0 Å². The number of rotatable bonds is 1. The molecule has 1 aromatic heterocycles. The number of hydrogen-bond acceptors (Lipinski definition) is 3. The van der Waals surface area contributed by atoms with E-state index in [9.17, 15) is 9.90 Å². The van der Waals surface area contributed by atoms with Gasteiger partial charge in [0.25, 0.3) is 5.56 Å². The van der Waals surface area contributed by atoms with Crippen molar-refractivity contribution in [2.75, 3.05) is 5.73 Å². The van der Waals surface area contributed by atoms with Crippen molar-refractivity contribution < 1.29 is 5.11 Å². The highest BCUT2D eigenvalue weighted by atomic mass is 16.3. The lowest BCUT2D eigenvalue weighted by molar-refractivity contribution is 0.103. The number of nitrogens with two attached hydrogens (primary N) is 1. The third-order valence-electron chi connectivity index (χ3n) is 3.02. The number of nitrogen functional groups attached to an aromatic ring is 1. The second-order valence-electron chi connectivity index (χ2n) is 4.15. The van der Waals surface area contributed by atoms with Crippen LogP contribution >= 0.6 is 0 Å². The fourth-order valence-electron chi connectivity index (χ4n) is 2.21. The summed E-state index contributed by atoms with van der Waals surface area (Å²) in [5.41, 5.74) is 5.70. The van der Waals surface area contributed by atoms with Crippen LogP contribution in [0.5, 0.6) is 0 Å². The first kappa shape index (κ1) is 10.2. The molecule has 3 N–H and O–H groups in total. The van der Waals surface area contributed by atoms with Crippen LogP contribution in [0.1, 0.15) is 31.7 Å². The molecule has 4 heteroatoms. The second kappa shape index (κ2) is 4.06. The number of hydrogen-bond donors (Lipinski definition) is 2. The van der Waals surface area contributed by atoms with E-state index in [1.54, 1.807) is 22.9 Å². The van der Waals surface area contributed by atoms with Crippen molar-refractivity contribution in [2.45, 2.75) is 37.8 Å². The van der Waals surface area contributed by atoms with Crippen LogP contribution in [0.2, 0.25) is 0 Å². The minimum Gasteiger partial charge on any atom is -0.394 e. The third-order valence-corrected chi connectivity index (χ3v) is 3.02. The average molecular weight is 208 g/mol. The molecule has 1 unspecified atom stereocenters. The summed E-state index contributed by atoms with van der Waals surface area (Å²) < 4.78 is 1.65. The van der Waals surface area contributed by atoms with Gasteiger partial charge in [0.1, 0.15) is 0 Å². The number of pyridine rings is 1. The van der Waals surface area contributed by atoms with Gasteiger partial charge < -0.3 is 15.4 Å². The Morgan fingerprint density at radius 3 is 3.00 bits per heavy atom. The van der Waals surface area contributed by atoms with Crippen molar-refractivity contribution in [2.24, 2.45) is 0 Å². The van der Waals surface area contributed by atoms with Crippen molar-refractivity contribution >= 4 is 5.69 Å². The smallest absolute Gasteiger partial charge is 0.273 e. The molecule has 4 nitrogen and oxygen atoms in total. The van der Waals surface area contributed by atoms with E-state index in [0.29, 0.717) is 6.42 Å². The molecule has 82 valence electrons. The predicted octanol–water partition coefficient (Wildman–Crippen LogP) is 0.906. The van der Waals surface area contributed by atoms with Crippen LogP contribution in [0.3, 0.4) is 0 Å². The Hall–Kier alpha value is -1.29. The molecule has 0 bridgehead atoms. The Bertz CT molecular complexity index is 400. The highest BCUT2D eigenvalue weighted by molar-refractivity contribution is 5.33. The lowest BCUT2D eigenvalue weighted by Gasteiger charge is -2.27. The Morgan fingerprint density at radius 2 is 2.27 bits per heavy atom. The topological polar surface area (TPSA) is 68.2 Å². The van der Waals surface area contributed by atoms with E-state index < -0.39 is 0 Å². The summed E-state index contributed by atoms with van der Waals surface area (Å²) in [7, 11) is 0. The van der Waals surface area contributed by atoms with Gasteiger partial charge in [-0.25, -0.2) is 0 Å². The summed E-state index contributed by atoms with van der Waals surface area (Å²) in [6.45, 7) is 0. The SMILES string of the molecule is Nc1cccn(C2CCC[C@H](O)C2)c1=O. The van der Waals surface area contributed by atoms with Crippen LogP contribution in [0.4, 0.5) is 5.69 Å². The van der Waals surface area contributed by atoms with Gasteiger partial charge >= 0.3 is 0 Å². The quantitative estimate of drug-likeness (QED) is 0.720. The predicted molar refractivity (Wildman–Crippen MR) is 58.6 cm³/mol. The van der Waals surface area contributed by atoms with Gasteiger partial charge in [0.2, 0.25) is 0 Å². The first-order valence-corrected chi connectivity index (χ1v) is 5.33. The number of nitrogens with zero attached hydrogens (tertiary/aromatic N) is 1. The Balaban J connectivity index is 2.29. The molecule has 2 atom stereocenters. The first-order valence-electron chi connectivity index (χ1n) is 5.33. The number of anilines is 1. The molecule has 0 radical (unpaired) electrons. The van der Waals surface area contributed by atoms with Crippen molar-refractivity contribution in [3.05, 3.63) is 28.7 Å². The maximum Gasteiger partial charge on any atom is 0.273 e.